The fourth-order valence-electron chi connectivity index (χ4n) is 1.39. The van der Waals surface area contributed by atoms with Crippen molar-refractivity contribution in [3.8, 4) is 5.75 Å². The van der Waals surface area contributed by atoms with Crippen LogP contribution in [0.15, 0.2) is 16.6 Å². The lowest BCUT2D eigenvalue weighted by molar-refractivity contribution is 0.456. The monoisotopic (exact) mass is 257 g/mol. The number of nitrogens with two attached hydrogens (primary N) is 1. The summed E-state index contributed by atoms with van der Waals surface area (Å²) in [6.07, 6.45) is 1.77. The van der Waals surface area contributed by atoms with E-state index in [2.05, 4.69) is 22.9 Å². The molecule has 0 spiro atoms. The van der Waals surface area contributed by atoms with Gasteiger partial charge in [-0.1, -0.05) is 19.9 Å². The predicted molar refractivity (Wildman–Crippen MR) is 62.4 cm³/mol. The number of phenols is 1. The zero-order valence-electron chi connectivity index (χ0n) is 8.55. The predicted octanol–water partition coefficient (Wildman–Crippen LogP) is 3.13. The van der Waals surface area contributed by atoms with Crippen molar-refractivity contribution < 1.29 is 5.11 Å². The molecule has 0 heterocycles. The van der Waals surface area contributed by atoms with Crippen molar-refractivity contribution in [3.63, 3.8) is 0 Å². The SMILES string of the molecule is CCc1cc(Br)c(O)c(C(N)CC)c1. The number of rotatable bonds is 3. The fraction of sp³-hybridized carbons (Fsp3) is 0.455. The van der Waals surface area contributed by atoms with Crippen molar-refractivity contribution >= 4 is 15.9 Å². The second-order valence-electron chi connectivity index (χ2n) is 3.38. The molecule has 0 aromatic heterocycles. The summed E-state index contributed by atoms with van der Waals surface area (Å²) in [5.41, 5.74) is 7.93. The highest BCUT2D eigenvalue weighted by Gasteiger charge is 2.12. The highest BCUT2D eigenvalue weighted by atomic mass is 79.9. The summed E-state index contributed by atoms with van der Waals surface area (Å²) in [7, 11) is 0. The molecule has 1 aromatic carbocycles. The summed E-state index contributed by atoms with van der Waals surface area (Å²) >= 11 is 3.33. The number of aryl methyl sites for hydroxylation is 1. The third-order valence-corrected chi connectivity index (χ3v) is 3.00. The molecule has 0 saturated heterocycles. The molecule has 0 radical (unpaired) electrons. The van der Waals surface area contributed by atoms with Gasteiger partial charge in [-0.3, -0.25) is 0 Å². The van der Waals surface area contributed by atoms with Crippen LogP contribution in [0.4, 0.5) is 0 Å². The van der Waals surface area contributed by atoms with Crippen LogP contribution in [0.25, 0.3) is 0 Å². The highest BCUT2D eigenvalue weighted by molar-refractivity contribution is 9.10. The molecular formula is C11H16BrNO. The average molecular weight is 258 g/mol. The molecule has 0 saturated carbocycles. The summed E-state index contributed by atoms with van der Waals surface area (Å²) < 4.78 is 0.732. The van der Waals surface area contributed by atoms with E-state index in [1.165, 1.54) is 5.56 Å². The van der Waals surface area contributed by atoms with E-state index in [0.717, 1.165) is 22.9 Å². The Morgan fingerprint density at radius 1 is 1.43 bits per heavy atom. The first-order valence-corrected chi connectivity index (χ1v) is 5.66. The number of phenolic OH excluding ortho intramolecular Hbond substituents is 1. The standard InChI is InChI=1S/C11H16BrNO/c1-3-7-5-8(10(13)4-2)11(14)9(12)6-7/h5-6,10,14H,3-4,13H2,1-2H3. The van der Waals surface area contributed by atoms with E-state index in [4.69, 9.17) is 5.73 Å². The molecule has 14 heavy (non-hydrogen) atoms. The van der Waals surface area contributed by atoms with Crippen molar-refractivity contribution in [1.82, 2.24) is 0 Å². The van der Waals surface area contributed by atoms with Crippen LogP contribution in [-0.2, 0) is 6.42 Å². The summed E-state index contributed by atoms with van der Waals surface area (Å²) in [6, 6.07) is 3.83. The molecule has 0 aliphatic carbocycles. The second-order valence-corrected chi connectivity index (χ2v) is 4.24. The Hall–Kier alpha value is -0.540. The Balaban J connectivity index is 3.20. The quantitative estimate of drug-likeness (QED) is 0.874. The molecule has 0 fully saturated rings. The summed E-state index contributed by atoms with van der Waals surface area (Å²) in [5.74, 6) is 0.275. The molecule has 3 N–H and O–H groups in total. The molecule has 0 aliphatic rings. The van der Waals surface area contributed by atoms with Gasteiger partial charge in [0.15, 0.2) is 0 Å². The van der Waals surface area contributed by atoms with Gasteiger partial charge in [0.25, 0.3) is 0 Å². The average Bonchev–Trinajstić information content (AvgIpc) is 2.20. The fourth-order valence-corrected chi connectivity index (χ4v) is 1.91. The van der Waals surface area contributed by atoms with Gasteiger partial charge in [-0.2, -0.15) is 0 Å². The van der Waals surface area contributed by atoms with Crippen LogP contribution >= 0.6 is 15.9 Å². The summed E-state index contributed by atoms with van der Waals surface area (Å²) in [6.45, 7) is 4.09. The molecular weight excluding hydrogens is 242 g/mol. The van der Waals surface area contributed by atoms with Crippen molar-refractivity contribution in [3.05, 3.63) is 27.7 Å². The lowest BCUT2D eigenvalue weighted by atomic mass is 10.0. The van der Waals surface area contributed by atoms with Crippen LogP contribution < -0.4 is 5.73 Å². The second kappa shape index (κ2) is 4.80. The first kappa shape index (κ1) is 11.5. The van der Waals surface area contributed by atoms with Gasteiger partial charge >= 0.3 is 0 Å². The minimum Gasteiger partial charge on any atom is -0.506 e. The van der Waals surface area contributed by atoms with Gasteiger partial charge in [0.05, 0.1) is 4.47 Å². The van der Waals surface area contributed by atoms with E-state index in [1.54, 1.807) is 0 Å². The largest absolute Gasteiger partial charge is 0.506 e. The van der Waals surface area contributed by atoms with Crippen LogP contribution in [0.1, 0.15) is 37.4 Å². The Bertz CT molecular complexity index is 325. The molecule has 3 heteroatoms. The highest BCUT2D eigenvalue weighted by Crippen LogP contribution is 2.33. The first-order chi connectivity index (χ1) is 6.60. The molecule has 0 amide bonds. The van der Waals surface area contributed by atoms with Gasteiger partial charge in [0.1, 0.15) is 5.75 Å². The number of aromatic hydroxyl groups is 1. The first-order valence-electron chi connectivity index (χ1n) is 4.87. The van der Waals surface area contributed by atoms with Crippen molar-refractivity contribution in [2.75, 3.05) is 0 Å². The van der Waals surface area contributed by atoms with E-state index in [-0.39, 0.29) is 11.8 Å². The number of halogens is 1. The molecule has 78 valence electrons. The summed E-state index contributed by atoms with van der Waals surface area (Å²) in [5, 5.41) is 9.79. The summed E-state index contributed by atoms with van der Waals surface area (Å²) in [4.78, 5) is 0. The zero-order chi connectivity index (χ0) is 10.7. The molecule has 0 aliphatic heterocycles. The number of hydrogen-bond donors (Lipinski definition) is 2. The van der Waals surface area contributed by atoms with Crippen molar-refractivity contribution in [1.29, 1.82) is 0 Å². The lowest BCUT2D eigenvalue weighted by Gasteiger charge is -2.14. The molecule has 1 aromatic rings. The van der Waals surface area contributed by atoms with Gasteiger partial charge in [-0.25, -0.2) is 0 Å². The molecule has 1 atom stereocenters. The van der Waals surface area contributed by atoms with Gasteiger partial charge in [0.2, 0.25) is 0 Å². The third kappa shape index (κ3) is 2.28. The zero-order valence-corrected chi connectivity index (χ0v) is 10.1. The van der Waals surface area contributed by atoms with Gasteiger partial charge in [-0.05, 0) is 40.4 Å². The van der Waals surface area contributed by atoms with Gasteiger partial charge in [0, 0.05) is 11.6 Å². The minimum atomic E-state index is -0.0854. The lowest BCUT2D eigenvalue weighted by Crippen LogP contribution is -2.09. The molecule has 2 nitrogen and oxygen atoms in total. The Morgan fingerprint density at radius 2 is 2.07 bits per heavy atom. The van der Waals surface area contributed by atoms with Gasteiger partial charge in [-0.15, -0.1) is 0 Å². The van der Waals surface area contributed by atoms with E-state index in [9.17, 15) is 5.11 Å². The Kier molecular flexibility index (Phi) is 3.96. The topological polar surface area (TPSA) is 46.2 Å². The van der Waals surface area contributed by atoms with E-state index >= 15 is 0 Å². The van der Waals surface area contributed by atoms with Crippen molar-refractivity contribution in [2.45, 2.75) is 32.7 Å². The third-order valence-electron chi connectivity index (χ3n) is 2.40. The molecule has 1 unspecified atom stereocenters. The normalized spacial score (nSPS) is 12.9. The Morgan fingerprint density at radius 3 is 2.57 bits per heavy atom. The molecule has 1 rings (SSSR count). The van der Waals surface area contributed by atoms with Gasteiger partial charge < -0.3 is 10.8 Å². The van der Waals surface area contributed by atoms with Crippen LogP contribution in [0.2, 0.25) is 0 Å². The number of hydrogen-bond acceptors (Lipinski definition) is 2. The van der Waals surface area contributed by atoms with E-state index in [0.29, 0.717) is 0 Å². The van der Waals surface area contributed by atoms with E-state index < -0.39 is 0 Å². The van der Waals surface area contributed by atoms with E-state index in [1.807, 2.05) is 19.1 Å². The van der Waals surface area contributed by atoms with Crippen LogP contribution in [-0.4, -0.2) is 5.11 Å². The maximum atomic E-state index is 9.79. The smallest absolute Gasteiger partial charge is 0.134 e. The maximum Gasteiger partial charge on any atom is 0.134 e. The van der Waals surface area contributed by atoms with Crippen LogP contribution in [0, 0.1) is 0 Å². The van der Waals surface area contributed by atoms with Crippen LogP contribution in [0.5, 0.6) is 5.75 Å². The Labute approximate surface area is 93.3 Å². The molecule has 0 bridgehead atoms. The minimum absolute atomic E-state index is 0.0854. The van der Waals surface area contributed by atoms with Crippen molar-refractivity contribution in [2.24, 2.45) is 5.73 Å². The number of benzene rings is 1. The van der Waals surface area contributed by atoms with Crippen LogP contribution in [0.3, 0.4) is 0 Å². The maximum absolute atomic E-state index is 9.79.